The third-order valence-electron chi connectivity index (χ3n) is 7.58. The van der Waals surface area contributed by atoms with E-state index in [-0.39, 0.29) is 24.0 Å². The summed E-state index contributed by atoms with van der Waals surface area (Å²) in [7, 11) is 3.08. The van der Waals surface area contributed by atoms with Crippen LogP contribution in [0, 0.1) is 47.4 Å². The van der Waals surface area contributed by atoms with Gasteiger partial charge in [0.15, 0.2) is 34.7 Å². The fourth-order valence-electron chi connectivity index (χ4n) is 6.15. The first-order valence-electron chi connectivity index (χ1n) is 11.5. The van der Waals surface area contributed by atoms with Crippen molar-refractivity contribution in [3.8, 4) is 29.4 Å². The van der Waals surface area contributed by atoms with Crippen molar-refractivity contribution in [1.82, 2.24) is 4.90 Å². The summed E-state index contributed by atoms with van der Waals surface area (Å²) in [5, 5.41) is 22.5. The molecule has 0 aliphatic heterocycles. The molecule has 3 aliphatic carbocycles. The fourth-order valence-corrected chi connectivity index (χ4v) is 6.15. The SMILES string of the molecule is CC#Cc1cc(C#CC)c2c(c1O)C(=O)C1C(=O)[C@]3(O)C(=O)C(C(N)=O)C(=O)[C@@H](N(C)C)[C@@H]3C[C@@H]1C2. The number of nitrogens with two attached hydrogens (primary N) is 1. The standard InChI is InChI=1S/C27H26N2O7/c1-5-7-12-9-13(8-6-2)21(30)18-15(12)10-14-11-16-20(29(3)4)23(32)19(26(28)35)25(34)27(16,36)24(33)17(14)22(18)31/h9,14,16-17,19-20,30,36H,10-11H2,1-4H3,(H2,28,35)/t14-,16-,17?,19?,20-,27-/m0/s1. The summed E-state index contributed by atoms with van der Waals surface area (Å²) >= 11 is 0. The second-order valence-electron chi connectivity index (χ2n) is 9.71. The Morgan fingerprint density at radius 1 is 1.08 bits per heavy atom. The van der Waals surface area contributed by atoms with Crippen LogP contribution in [-0.2, 0) is 25.6 Å². The van der Waals surface area contributed by atoms with Crippen molar-refractivity contribution < 1.29 is 34.2 Å². The van der Waals surface area contributed by atoms with E-state index in [1.54, 1.807) is 19.9 Å². The Kier molecular flexibility index (Phi) is 6.12. The molecule has 9 nitrogen and oxygen atoms in total. The number of fused-ring (bicyclic) bond motifs is 3. The molecule has 0 spiro atoms. The monoisotopic (exact) mass is 490 g/mol. The van der Waals surface area contributed by atoms with Gasteiger partial charge in [0.25, 0.3) is 0 Å². The highest BCUT2D eigenvalue weighted by Crippen LogP contribution is 2.51. The number of amides is 1. The average Bonchev–Trinajstić information content (AvgIpc) is 2.79. The molecule has 3 aliphatic rings. The van der Waals surface area contributed by atoms with Crippen molar-refractivity contribution in [1.29, 1.82) is 0 Å². The lowest BCUT2D eigenvalue weighted by Crippen LogP contribution is -2.74. The maximum absolute atomic E-state index is 13.8. The zero-order valence-corrected chi connectivity index (χ0v) is 20.3. The number of phenols is 1. The molecule has 0 heterocycles. The number of hydrogen-bond donors (Lipinski definition) is 3. The maximum atomic E-state index is 13.8. The van der Waals surface area contributed by atoms with E-state index in [1.807, 2.05) is 0 Å². The first-order valence-corrected chi connectivity index (χ1v) is 11.5. The number of primary amides is 1. The Morgan fingerprint density at radius 2 is 1.69 bits per heavy atom. The molecule has 0 bridgehead atoms. The van der Waals surface area contributed by atoms with E-state index in [4.69, 9.17) is 5.73 Å². The summed E-state index contributed by atoms with van der Waals surface area (Å²) in [6.45, 7) is 3.19. The molecular formula is C27H26N2O7. The number of nitrogens with zero attached hydrogens (tertiary/aromatic N) is 1. The van der Waals surface area contributed by atoms with Crippen molar-refractivity contribution in [3.05, 3.63) is 28.3 Å². The number of benzene rings is 1. The number of phenolic OH excluding ortho intramolecular Hbond substituents is 1. The molecule has 1 amide bonds. The second-order valence-corrected chi connectivity index (χ2v) is 9.71. The van der Waals surface area contributed by atoms with Crippen LogP contribution < -0.4 is 5.73 Å². The number of carbonyl (C=O) groups excluding carboxylic acids is 5. The number of aromatic hydroxyl groups is 1. The molecule has 9 heteroatoms. The van der Waals surface area contributed by atoms with E-state index in [0.29, 0.717) is 11.1 Å². The summed E-state index contributed by atoms with van der Waals surface area (Å²) < 4.78 is 0. The second kappa shape index (κ2) is 8.70. The van der Waals surface area contributed by atoms with Crippen molar-refractivity contribution >= 4 is 29.0 Å². The molecule has 186 valence electrons. The zero-order valence-electron chi connectivity index (χ0n) is 20.3. The molecular weight excluding hydrogens is 464 g/mol. The molecule has 4 N–H and O–H groups in total. The molecule has 0 saturated heterocycles. The predicted octanol–water partition coefficient (Wildman–Crippen LogP) is -0.390. The summed E-state index contributed by atoms with van der Waals surface area (Å²) in [6.07, 6.45) is 0.142. The molecule has 4 rings (SSSR count). The molecule has 1 aromatic rings. The van der Waals surface area contributed by atoms with Crippen molar-refractivity contribution in [2.45, 2.75) is 38.3 Å². The van der Waals surface area contributed by atoms with Crippen molar-refractivity contribution in [3.63, 3.8) is 0 Å². The predicted molar refractivity (Wildman–Crippen MR) is 126 cm³/mol. The van der Waals surface area contributed by atoms with Crippen LogP contribution in [0.4, 0.5) is 0 Å². The van der Waals surface area contributed by atoms with Gasteiger partial charge in [-0.3, -0.25) is 28.9 Å². The fraction of sp³-hybridized carbons (Fsp3) is 0.444. The molecule has 1 aromatic carbocycles. The Bertz CT molecular complexity index is 1370. The van der Waals surface area contributed by atoms with Gasteiger partial charge in [-0.2, -0.15) is 0 Å². The van der Waals surface area contributed by atoms with Crippen LogP contribution in [0.2, 0.25) is 0 Å². The summed E-state index contributed by atoms with van der Waals surface area (Å²) in [4.78, 5) is 67.4. The first-order chi connectivity index (χ1) is 16.9. The van der Waals surface area contributed by atoms with E-state index >= 15 is 0 Å². The van der Waals surface area contributed by atoms with Crippen LogP contribution in [-0.4, -0.2) is 69.9 Å². The quantitative estimate of drug-likeness (QED) is 0.374. The number of ketones is 4. The molecule has 6 atom stereocenters. The van der Waals surface area contributed by atoms with Crippen LogP contribution in [0.15, 0.2) is 6.07 Å². The molecule has 0 radical (unpaired) electrons. The highest BCUT2D eigenvalue weighted by Gasteiger charge is 2.69. The van der Waals surface area contributed by atoms with E-state index in [9.17, 15) is 34.2 Å². The highest BCUT2D eigenvalue weighted by molar-refractivity contribution is 6.32. The largest absolute Gasteiger partial charge is 0.506 e. The lowest BCUT2D eigenvalue weighted by molar-refractivity contribution is -0.181. The minimum Gasteiger partial charge on any atom is -0.506 e. The van der Waals surface area contributed by atoms with Crippen molar-refractivity contribution in [2.24, 2.45) is 29.4 Å². The van der Waals surface area contributed by atoms with Gasteiger partial charge in [0.05, 0.1) is 23.1 Å². The minimum absolute atomic E-state index is 0.0137. The number of carbonyl (C=O) groups is 5. The Hall–Kier alpha value is -3.79. The molecule has 2 unspecified atom stereocenters. The Morgan fingerprint density at radius 3 is 2.25 bits per heavy atom. The number of hydrogen-bond acceptors (Lipinski definition) is 8. The summed E-state index contributed by atoms with van der Waals surface area (Å²) in [5.74, 6) is 0.254. The third-order valence-corrected chi connectivity index (χ3v) is 7.58. The van der Waals surface area contributed by atoms with E-state index < -0.39 is 70.1 Å². The van der Waals surface area contributed by atoms with Crippen LogP contribution >= 0.6 is 0 Å². The van der Waals surface area contributed by atoms with E-state index in [0.717, 1.165) is 0 Å². The summed E-state index contributed by atoms with van der Waals surface area (Å²) in [6, 6.07) is 0.445. The van der Waals surface area contributed by atoms with Crippen LogP contribution in [0.3, 0.4) is 0 Å². The van der Waals surface area contributed by atoms with Crippen LogP contribution in [0.1, 0.15) is 47.3 Å². The lowest BCUT2D eigenvalue weighted by Gasteiger charge is -2.52. The maximum Gasteiger partial charge on any atom is 0.235 e. The molecule has 0 aromatic heterocycles. The smallest absolute Gasteiger partial charge is 0.235 e. The minimum atomic E-state index is -2.75. The topological polar surface area (TPSA) is 155 Å². The Labute approximate surface area is 208 Å². The number of Topliss-reactive ketones (excluding diaryl/α,β-unsaturated/α-hetero) is 4. The van der Waals surface area contributed by atoms with Gasteiger partial charge >= 0.3 is 0 Å². The number of aliphatic hydroxyl groups is 1. The van der Waals surface area contributed by atoms with Gasteiger partial charge in [-0.25, -0.2) is 0 Å². The van der Waals surface area contributed by atoms with Gasteiger partial charge in [-0.15, -0.1) is 11.8 Å². The van der Waals surface area contributed by atoms with Gasteiger partial charge < -0.3 is 15.9 Å². The van der Waals surface area contributed by atoms with Gasteiger partial charge in [0.2, 0.25) is 5.91 Å². The molecule has 2 fully saturated rings. The molecule has 36 heavy (non-hydrogen) atoms. The van der Waals surface area contributed by atoms with Crippen molar-refractivity contribution in [2.75, 3.05) is 14.1 Å². The first kappa shape index (κ1) is 25.3. The number of likely N-dealkylation sites (N-methyl/N-ethyl adjacent to an activating group) is 1. The molecule has 2 saturated carbocycles. The number of rotatable bonds is 2. The van der Waals surface area contributed by atoms with Crippen LogP contribution in [0.25, 0.3) is 0 Å². The lowest BCUT2D eigenvalue weighted by atomic mass is 9.52. The van der Waals surface area contributed by atoms with E-state index in [2.05, 4.69) is 23.7 Å². The normalized spacial score (nSPS) is 30.9. The Balaban J connectivity index is 1.93. The van der Waals surface area contributed by atoms with Gasteiger partial charge in [-0.05, 0) is 58.3 Å². The van der Waals surface area contributed by atoms with Gasteiger partial charge in [-0.1, -0.05) is 11.8 Å². The van der Waals surface area contributed by atoms with E-state index in [1.165, 1.54) is 19.0 Å². The summed E-state index contributed by atoms with van der Waals surface area (Å²) in [5.41, 5.74) is 3.57. The van der Waals surface area contributed by atoms with Gasteiger partial charge in [0, 0.05) is 11.5 Å². The zero-order chi connectivity index (χ0) is 26.7. The van der Waals surface area contributed by atoms with Crippen LogP contribution in [0.5, 0.6) is 5.75 Å². The third kappa shape index (κ3) is 3.31. The highest BCUT2D eigenvalue weighted by atomic mass is 16.3. The average molecular weight is 491 g/mol. The van der Waals surface area contributed by atoms with Gasteiger partial charge in [0.1, 0.15) is 5.75 Å².